The first-order chi connectivity index (χ1) is 6.50. The van der Waals surface area contributed by atoms with Crippen LogP contribution in [0, 0.1) is 12.8 Å². The number of hydrogen-bond donors (Lipinski definition) is 0. The van der Waals surface area contributed by atoms with E-state index in [9.17, 15) is 4.79 Å². The van der Waals surface area contributed by atoms with Crippen LogP contribution >= 0.6 is 27.3 Å². The molecule has 0 aromatic carbocycles. The summed E-state index contributed by atoms with van der Waals surface area (Å²) in [5.41, 5.74) is 0. The predicted molar refractivity (Wildman–Crippen MR) is 65.2 cm³/mol. The molecule has 14 heavy (non-hydrogen) atoms. The lowest BCUT2D eigenvalue weighted by Gasteiger charge is -2.02. The van der Waals surface area contributed by atoms with Crippen molar-refractivity contribution in [2.75, 3.05) is 0 Å². The van der Waals surface area contributed by atoms with Crippen LogP contribution in [0.5, 0.6) is 0 Å². The Kier molecular flexibility index (Phi) is 4.32. The van der Waals surface area contributed by atoms with E-state index in [2.05, 4.69) is 29.8 Å². The van der Waals surface area contributed by atoms with Gasteiger partial charge in [-0.25, -0.2) is 0 Å². The van der Waals surface area contributed by atoms with Crippen molar-refractivity contribution in [2.45, 2.75) is 33.6 Å². The number of carbonyl (C=O) groups is 1. The number of hydrogen-bond acceptors (Lipinski definition) is 2. The van der Waals surface area contributed by atoms with Crippen molar-refractivity contribution < 1.29 is 4.79 Å². The standard InChI is InChI=1S/C11H15BrOS/c1-7(2)4-5-10(13)11-9(12)6-8(3)14-11/h6-7H,4-5H2,1-3H3. The van der Waals surface area contributed by atoms with Gasteiger partial charge in [-0.15, -0.1) is 11.3 Å². The fraction of sp³-hybridized carbons (Fsp3) is 0.545. The van der Waals surface area contributed by atoms with Gasteiger partial charge in [-0.2, -0.15) is 0 Å². The number of halogens is 1. The van der Waals surface area contributed by atoms with E-state index in [1.54, 1.807) is 11.3 Å². The molecule has 1 rings (SSSR count). The third-order valence-electron chi connectivity index (χ3n) is 2.01. The van der Waals surface area contributed by atoms with Gasteiger partial charge in [-0.3, -0.25) is 4.79 Å². The monoisotopic (exact) mass is 274 g/mol. The van der Waals surface area contributed by atoms with Crippen molar-refractivity contribution in [3.05, 3.63) is 20.3 Å². The van der Waals surface area contributed by atoms with Crippen LogP contribution in [0.15, 0.2) is 10.5 Å². The van der Waals surface area contributed by atoms with Gasteiger partial charge in [0.15, 0.2) is 5.78 Å². The highest BCUT2D eigenvalue weighted by molar-refractivity contribution is 9.10. The van der Waals surface area contributed by atoms with Gasteiger partial charge in [-0.05, 0) is 41.3 Å². The number of Topliss-reactive ketones (excluding diaryl/α,β-unsaturated/α-hetero) is 1. The topological polar surface area (TPSA) is 17.1 Å². The number of aryl methyl sites for hydroxylation is 1. The highest BCUT2D eigenvalue weighted by atomic mass is 79.9. The van der Waals surface area contributed by atoms with E-state index in [1.807, 2.05) is 13.0 Å². The van der Waals surface area contributed by atoms with E-state index in [0.717, 1.165) is 15.8 Å². The summed E-state index contributed by atoms with van der Waals surface area (Å²) in [6, 6.07) is 2.01. The lowest BCUT2D eigenvalue weighted by molar-refractivity contribution is 0.0978. The molecule has 0 aliphatic carbocycles. The quantitative estimate of drug-likeness (QED) is 0.742. The van der Waals surface area contributed by atoms with Gasteiger partial charge in [0.1, 0.15) is 0 Å². The molecule has 1 aromatic rings. The lowest BCUT2D eigenvalue weighted by Crippen LogP contribution is -1.99. The van der Waals surface area contributed by atoms with Crippen LogP contribution in [0.3, 0.4) is 0 Å². The smallest absolute Gasteiger partial charge is 0.173 e. The summed E-state index contributed by atoms with van der Waals surface area (Å²) >= 11 is 4.99. The normalized spacial score (nSPS) is 10.9. The fourth-order valence-corrected chi connectivity index (χ4v) is 3.04. The number of rotatable bonds is 4. The van der Waals surface area contributed by atoms with Crippen molar-refractivity contribution >= 4 is 33.0 Å². The first kappa shape index (κ1) is 11.9. The summed E-state index contributed by atoms with van der Waals surface area (Å²) in [7, 11) is 0. The Morgan fingerprint density at radius 3 is 2.64 bits per heavy atom. The Balaban J connectivity index is 2.65. The molecule has 0 atom stereocenters. The van der Waals surface area contributed by atoms with E-state index in [4.69, 9.17) is 0 Å². The Morgan fingerprint density at radius 1 is 1.57 bits per heavy atom. The largest absolute Gasteiger partial charge is 0.293 e. The van der Waals surface area contributed by atoms with E-state index < -0.39 is 0 Å². The second-order valence-corrected chi connectivity index (χ2v) is 6.00. The lowest BCUT2D eigenvalue weighted by atomic mass is 10.1. The van der Waals surface area contributed by atoms with Crippen LogP contribution < -0.4 is 0 Å². The molecule has 0 aliphatic heterocycles. The SMILES string of the molecule is Cc1cc(Br)c(C(=O)CCC(C)C)s1. The Hall–Kier alpha value is -0.150. The third kappa shape index (κ3) is 3.21. The molecule has 0 fully saturated rings. The highest BCUT2D eigenvalue weighted by Gasteiger charge is 2.13. The average molecular weight is 275 g/mol. The van der Waals surface area contributed by atoms with Crippen LogP contribution in [-0.4, -0.2) is 5.78 Å². The summed E-state index contributed by atoms with van der Waals surface area (Å²) in [6.45, 7) is 6.30. The van der Waals surface area contributed by atoms with Gasteiger partial charge in [0.05, 0.1) is 4.88 Å². The second kappa shape index (κ2) is 5.08. The van der Waals surface area contributed by atoms with E-state index >= 15 is 0 Å². The molecule has 1 aromatic heterocycles. The van der Waals surface area contributed by atoms with Crippen LogP contribution in [0.1, 0.15) is 41.2 Å². The van der Waals surface area contributed by atoms with Crippen molar-refractivity contribution in [3.63, 3.8) is 0 Å². The molecule has 0 unspecified atom stereocenters. The molecule has 0 bridgehead atoms. The zero-order valence-corrected chi connectivity index (χ0v) is 11.2. The Labute approximate surface area is 97.7 Å². The Morgan fingerprint density at radius 2 is 2.21 bits per heavy atom. The molecule has 0 saturated carbocycles. The molecule has 1 nitrogen and oxygen atoms in total. The molecule has 78 valence electrons. The van der Waals surface area contributed by atoms with E-state index in [-0.39, 0.29) is 5.78 Å². The molecule has 0 N–H and O–H groups in total. The minimum atomic E-state index is 0.267. The van der Waals surface area contributed by atoms with Crippen molar-refractivity contribution in [1.29, 1.82) is 0 Å². The van der Waals surface area contributed by atoms with Gasteiger partial charge in [-0.1, -0.05) is 13.8 Å². The van der Waals surface area contributed by atoms with Gasteiger partial charge >= 0.3 is 0 Å². The second-order valence-electron chi connectivity index (χ2n) is 3.89. The van der Waals surface area contributed by atoms with Crippen LogP contribution in [0.4, 0.5) is 0 Å². The molecular weight excluding hydrogens is 260 g/mol. The molecular formula is C11H15BrOS. The molecule has 0 saturated heterocycles. The summed E-state index contributed by atoms with van der Waals surface area (Å²) in [6.07, 6.45) is 1.64. The summed E-state index contributed by atoms with van der Waals surface area (Å²) in [5, 5.41) is 0. The number of thiophene rings is 1. The fourth-order valence-electron chi connectivity index (χ4n) is 1.21. The van der Waals surface area contributed by atoms with Crippen molar-refractivity contribution in [2.24, 2.45) is 5.92 Å². The van der Waals surface area contributed by atoms with E-state index in [0.29, 0.717) is 12.3 Å². The molecule has 0 radical (unpaired) electrons. The summed E-state index contributed by atoms with van der Waals surface area (Å²) in [4.78, 5) is 13.8. The minimum Gasteiger partial charge on any atom is -0.293 e. The van der Waals surface area contributed by atoms with Gasteiger partial charge in [0, 0.05) is 15.8 Å². The summed E-state index contributed by atoms with van der Waals surface area (Å²) < 4.78 is 0.953. The molecule has 1 heterocycles. The predicted octanol–water partition coefficient (Wildman–Crippen LogP) is 4.44. The van der Waals surface area contributed by atoms with E-state index in [1.165, 1.54) is 4.88 Å². The maximum absolute atomic E-state index is 11.8. The van der Waals surface area contributed by atoms with Crippen molar-refractivity contribution in [3.8, 4) is 0 Å². The zero-order chi connectivity index (χ0) is 10.7. The first-order valence-electron chi connectivity index (χ1n) is 4.80. The van der Waals surface area contributed by atoms with Crippen LogP contribution in [-0.2, 0) is 0 Å². The van der Waals surface area contributed by atoms with Crippen molar-refractivity contribution in [1.82, 2.24) is 0 Å². The van der Waals surface area contributed by atoms with Gasteiger partial charge < -0.3 is 0 Å². The third-order valence-corrected chi connectivity index (χ3v) is 3.99. The number of ketones is 1. The maximum atomic E-state index is 11.8. The minimum absolute atomic E-state index is 0.267. The first-order valence-corrected chi connectivity index (χ1v) is 6.40. The molecule has 0 spiro atoms. The maximum Gasteiger partial charge on any atom is 0.173 e. The van der Waals surface area contributed by atoms with Gasteiger partial charge in [0.2, 0.25) is 0 Å². The average Bonchev–Trinajstić information content (AvgIpc) is 2.41. The Bertz CT molecular complexity index is 328. The highest BCUT2D eigenvalue weighted by Crippen LogP contribution is 2.28. The van der Waals surface area contributed by atoms with Crippen LogP contribution in [0.25, 0.3) is 0 Å². The molecule has 0 amide bonds. The zero-order valence-electron chi connectivity index (χ0n) is 8.76. The van der Waals surface area contributed by atoms with Crippen LogP contribution in [0.2, 0.25) is 0 Å². The molecule has 3 heteroatoms. The number of carbonyl (C=O) groups excluding carboxylic acids is 1. The van der Waals surface area contributed by atoms with Gasteiger partial charge in [0.25, 0.3) is 0 Å². The molecule has 0 aliphatic rings. The summed E-state index contributed by atoms with van der Waals surface area (Å²) in [5.74, 6) is 0.863.